The highest BCUT2D eigenvalue weighted by Crippen LogP contribution is 2.22. The van der Waals surface area contributed by atoms with Crippen LogP contribution in [-0.4, -0.2) is 52.4 Å². The van der Waals surface area contributed by atoms with Gasteiger partial charge in [0, 0.05) is 31.4 Å². The van der Waals surface area contributed by atoms with Crippen molar-refractivity contribution in [2.45, 2.75) is 12.7 Å². The lowest BCUT2D eigenvalue weighted by molar-refractivity contribution is -0.136. The van der Waals surface area contributed by atoms with E-state index in [4.69, 9.17) is 21.4 Å². The number of aromatic nitrogens is 2. The monoisotopic (exact) mass is 393 g/mol. The van der Waals surface area contributed by atoms with Gasteiger partial charge in [0.2, 0.25) is 0 Å². The largest absolute Gasteiger partial charge is 0.399 e. The van der Waals surface area contributed by atoms with Crippen LogP contribution in [0.3, 0.4) is 0 Å². The molecule has 3 aromatic rings. The first-order valence-electron chi connectivity index (χ1n) is 9.34. The fourth-order valence-corrected chi connectivity index (χ4v) is 3.32. The summed E-state index contributed by atoms with van der Waals surface area (Å²) in [4.78, 5) is 23.0. The number of para-hydroxylation sites is 2. The Kier molecular flexibility index (Phi) is 5.26. The van der Waals surface area contributed by atoms with Gasteiger partial charge in [-0.25, -0.2) is 4.98 Å². The van der Waals surface area contributed by atoms with Gasteiger partial charge in [0.05, 0.1) is 17.6 Å². The summed E-state index contributed by atoms with van der Waals surface area (Å²) >= 11 is 0. The van der Waals surface area contributed by atoms with E-state index in [0.717, 1.165) is 11.0 Å². The normalized spacial score (nSPS) is 16.8. The summed E-state index contributed by atoms with van der Waals surface area (Å²) in [5.41, 5.74) is 14.8. The summed E-state index contributed by atoms with van der Waals surface area (Å²) in [6, 6.07) is 14.6. The molecular weight excluding hydrogens is 370 g/mol. The molecule has 150 valence electrons. The number of rotatable bonds is 7. The summed E-state index contributed by atoms with van der Waals surface area (Å²) in [5, 5.41) is 9.08. The molecule has 5 N–H and O–H groups in total. The Labute approximate surface area is 167 Å². The number of oxime groups is 1. The fraction of sp³-hybridized carbons (Fsp3) is 0.250. The molecule has 1 aromatic heterocycles. The molecule has 1 aliphatic rings. The van der Waals surface area contributed by atoms with Crippen molar-refractivity contribution in [2.75, 3.05) is 25.9 Å². The predicted molar refractivity (Wildman–Crippen MR) is 111 cm³/mol. The van der Waals surface area contributed by atoms with Crippen molar-refractivity contribution in [1.29, 1.82) is 0 Å². The van der Waals surface area contributed by atoms with E-state index in [1.807, 2.05) is 28.8 Å². The van der Waals surface area contributed by atoms with Gasteiger partial charge in [-0.1, -0.05) is 22.4 Å². The van der Waals surface area contributed by atoms with Crippen LogP contribution in [0.1, 0.15) is 16.2 Å². The van der Waals surface area contributed by atoms with E-state index < -0.39 is 0 Å². The van der Waals surface area contributed by atoms with Crippen molar-refractivity contribution in [2.24, 2.45) is 10.9 Å². The number of nitrogens with zero attached hydrogens (tertiary/aromatic N) is 4. The number of likely N-dealkylation sites (N-methyl/N-ethyl adjacent to an activating group) is 1. The van der Waals surface area contributed by atoms with Gasteiger partial charge in [0.15, 0.2) is 17.3 Å². The van der Waals surface area contributed by atoms with E-state index in [0.29, 0.717) is 35.9 Å². The van der Waals surface area contributed by atoms with Crippen LogP contribution in [0.4, 0.5) is 5.69 Å². The molecule has 0 spiro atoms. The van der Waals surface area contributed by atoms with Gasteiger partial charge >= 0.3 is 0 Å². The minimum atomic E-state index is -0.319. The number of ketones is 1. The number of anilines is 1. The van der Waals surface area contributed by atoms with Gasteiger partial charge in [-0.2, -0.15) is 0 Å². The third-order valence-corrected chi connectivity index (χ3v) is 4.79. The van der Waals surface area contributed by atoms with Crippen LogP contribution in [-0.2, 0) is 11.5 Å². The zero-order valence-electron chi connectivity index (χ0n) is 16.1. The van der Waals surface area contributed by atoms with Crippen LogP contribution >= 0.6 is 0 Å². The van der Waals surface area contributed by atoms with Crippen LogP contribution in [0.5, 0.6) is 0 Å². The van der Waals surface area contributed by atoms with Crippen molar-refractivity contribution >= 4 is 28.2 Å². The lowest BCUT2D eigenvalue weighted by atomic mass is 10.1. The lowest BCUT2D eigenvalue weighted by Gasteiger charge is -2.19. The average Bonchev–Trinajstić information content (AvgIpc) is 3.27. The number of nitrogens with one attached hydrogen (secondary N) is 1. The first kappa shape index (κ1) is 19.1. The Balaban J connectivity index is 1.73. The molecule has 2 aromatic carbocycles. The maximum Gasteiger partial charge on any atom is 0.182 e. The maximum absolute atomic E-state index is 12.9. The van der Waals surface area contributed by atoms with E-state index in [2.05, 4.69) is 10.5 Å². The predicted octanol–water partition coefficient (Wildman–Crippen LogP) is 0.957. The van der Waals surface area contributed by atoms with Crippen LogP contribution in [0.25, 0.3) is 11.0 Å². The number of carbonyl (C=O) groups is 1. The van der Waals surface area contributed by atoms with Crippen LogP contribution < -0.4 is 16.8 Å². The molecular formula is C20H23N7O2. The van der Waals surface area contributed by atoms with Crippen LogP contribution in [0.15, 0.2) is 53.7 Å². The summed E-state index contributed by atoms with van der Waals surface area (Å²) in [7, 11) is 1.78. The van der Waals surface area contributed by atoms with Gasteiger partial charge in [0.25, 0.3) is 0 Å². The standard InChI is InChI=1S/C20H23N7O2/c1-26-19(23-11-10-21)18(25-29-26)20-24-15-4-2-3-5-16(15)27(20)12-17(28)13-6-8-14(22)9-7-13/h2-9,19,23H,10-12,21-22H2,1H3. The number of fused-ring (bicyclic) bond motifs is 1. The van der Waals surface area contributed by atoms with Gasteiger partial charge in [-0.05, 0) is 36.4 Å². The molecule has 1 unspecified atom stereocenters. The quantitative estimate of drug-likeness (QED) is 0.403. The number of benzene rings is 2. The van der Waals surface area contributed by atoms with Crippen molar-refractivity contribution in [1.82, 2.24) is 19.9 Å². The SMILES string of the molecule is CN1ON=C(c2nc3ccccc3n2CC(=O)c2ccc(N)cc2)C1NCCN. The van der Waals surface area contributed by atoms with E-state index in [1.54, 1.807) is 36.4 Å². The van der Waals surface area contributed by atoms with Crippen LogP contribution in [0, 0.1) is 0 Å². The van der Waals surface area contributed by atoms with E-state index >= 15 is 0 Å². The number of carbonyl (C=O) groups excluding carboxylic acids is 1. The molecule has 0 saturated heterocycles. The van der Waals surface area contributed by atoms with Gasteiger partial charge < -0.3 is 16.0 Å². The molecule has 9 heteroatoms. The summed E-state index contributed by atoms with van der Waals surface area (Å²) in [5.74, 6) is 0.530. The molecule has 0 bridgehead atoms. The first-order chi connectivity index (χ1) is 14.1. The topological polar surface area (TPSA) is 124 Å². The van der Waals surface area contributed by atoms with Gasteiger partial charge in [-0.15, -0.1) is 0 Å². The van der Waals surface area contributed by atoms with Crippen molar-refractivity contribution < 1.29 is 9.73 Å². The number of hydroxylamine groups is 2. The molecule has 0 fully saturated rings. The Bertz CT molecular complexity index is 1060. The third-order valence-electron chi connectivity index (χ3n) is 4.79. The fourth-order valence-electron chi connectivity index (χ4n) is 3.32. The molecule has 1 atom stereocenters. The Morgan fingerprint density at radius 3 is 2.72 bits per heavy atom. The number of nitrogens with two attached hydrogens (primary N) is 2. The first-order valence-corrected chi connectivity index (χ1v) is 9.34. The number of hydrogen-bond donors (Lipinski definition) is 3. The smallest absolute Gasteiger partial charge is 0.182 e. The maximum atomic E-state index is 12.9. The van der Waals surface area contributed by atoms with E-state index in [-0.39, 0.29) is 18.5 Å². The summed E-state index contributed by atoms with van der Waals surface area (Å²) in [6.07, 6.45) is -0.319. The molecule has 1 aliphatic heterocycles. The Morgan fingerprint density at radius 2 is 1.97 bits per heavy atom. The molecule has 2 heterocycles. The molecule has 4 rings (SSSR count). The third kappa shape index (κ3) is 3.70. The van der Waals surface area contributed by atoms with E-state index in [1.165, 1.54) is 0 Å². The Morgan fingerprint density at radius 1 is 1.21 bits per heavy atom. The number of imidazole rings is 1. The minimum absolute atomic E-state index is 0.0475. The average molecular weight is 393 g/mol. The number of nitrogen functional groups attached to an aromatic ring is 1. The van der Waals surface area contributed by atoms with Gasteiger partial charge in [0.1, 0.15) is 6.17 Å². The lowest BCUT2D eigenvalue weighted by Crippen LogP contribution is -2.47. The van der Waals surface area contributed by atoms with Crippen molar-refractivity contribution in [3.63, 3.8) is 0 Å². The second-order valence-corrected chi connectivity index (χ2v) is 6.81. The van der Waals surface area contributed by atoms with Gasteiger partial charge in [-0.3, -0.25) is 15.0 Å². The highest BCUT2D eigenvalue weighted by molar-refractivity contribution is 6.05. The summed E-state index contributed by atoms with van der Waals surface area (Å²) < 4.78 is 1.87. The molecule has 29 heavy (non-hydrogen) atoms. The molecule has 9 nitrogen and oxygen atoms in total. The molecule has 0 saturated carbocycles. The molecule has 0 radical (unpaired) electrons. The Hall–Kier alpha value is -3.27. The summed E-state index contributed by atoms with van der Waals surface area (Å²) in [6.45, 7) is 1.18. The second-order valence-electron chi connectivity index (χ2n) is 6.81. The second kappa shape index (κ2) is 8.00. The van der Waals surface area contributed by atoms with E-state index in [9.17, 15) is 4.79 Å². The minimum Gasteiger partial charge on any atom is -0.399 e. The zero-order valence-corrected chi connectivity index (χ0v) is 16.1. The number of Topliss-reactive ketones (excluding diaryl/α,β-unsaturated/α-hetero) is 1. The number of hydrogen-bond acceptors (Lipinski definition) is 8. The molecule has 0 aliphatic carbocycles. The zero-order chi connectivity index (χ0) is 20.4. The molecule has 0 amide bonds. The highest BCUT2D eigenvalue weighted by atomic mass is 16.8. The highest BCUT2D eigenvalue weighted by Gasteiger charge is 2.33. The van der Waals surface area contributed by atoms with Crippen molar-refractivity contribution in [3.8, 4) is 0 Å². The van der Waals surface area contributed by atoms with Crippen molar-refractivity contribution in [3.05, 3.63) is 59.9 Å². The van der Waals surface area contributed by atoms with Crippen LogP contribution in [0.2, 0.25) is 0 Å².